The zero-order chi connectivity index (χ0) is 11.3. The van der Waals surface area contributed by atoms with Crippen LogP contribution in [-0.4, -0.2) is 36.1 Å². The lowest BCUT2D eigenvalue weighted by Crippen LogP contribution is -2.29. The third-order valence-electron chi connectivity index (χ3n) is 3.10. The van der Waals surface area contributed by atoms with Gasteiger partial charge in [0.15, 0.2) is 0 Å². The van der Waals surface area contributed by atoms with Gasteiger partial charge in [-0.2, -0.15) is 0 Å². The molecule has 15 heavy (non-hydrogen) atoms. The van der Waals surface area contributed by atoms with Crippen LogP contribution in [0.25, 0.3) is 0 Å². The molecule has 3 heteroatoms. The van der Waals surface area contributed by atoms with Gasteiger partial charge in [0.05, 0.1) is 0 Å². The standard InChI is InChI=1S/C12H21NO2/c1-3-11(12(14)15)7-8-13(2)9-10-5-4-6-10/h7,10H,3-6,8-9H2,1-2H3,(H,14,15). The number of rotatable bonds is 6. The zero-order valence-corrected chi connectivity index (χ0v) is 9.70. The van der Waals surface area contributed by atoms with Crippen LogP contribution in [0, 0.1) is 5.92 Å². The third-order valence-corrected chi connectivity index (χ3v) is 3.10. The molecule has 0 bridgehead atoms. The first-order valence-electron chi connectivity index (χ1n) is 5.74. The first-order valence-corrected chi connectivity index (χ1v) is 5.74. The molecular formula is C12H21NO2. The smallest absolute Gasteiger partial charge is 0.331 e. The molecule has 1 N–H and O–H groups in total. The highest BCUT2D eigenvalue weighted by molar-refractivity contribution is 5.86. The summed E-state index contributed by atoms with van der Waals surface area (Å²) in [5, 5.41) is 8.84. The molecule has 0 aliphatic heterocycles. The highest BCUT2D eigenvalue weighted by Crippen LogP contribution is 2.26. The fraction of sp³-hybridized carbons (Fsp3) is 0.750. The molecule has 0 aromatic rings. The van der Waals surface area contributed by atoms with E-state index in [2.05, 4.69) is 11.9 Å². The highest BCUT2D eigenvalue weighted by atomic mass is 16.4. The molecule has 1 rings (SSSR count). The van der Waals surface area contributed by atoms with Gasteiger partial charge in [-0.05, 0) is 32.2 Å². The summed E-state index contributed by atoms with van der Waals surface area (Å²) in [4.78, 5) is 13.0. The molecule has 1 fully saturated rings. The summed E-state index contributed by atoms with van der Waals surface area (Å²) in [7, 11) is 2.06. The Morgan fingerprint density at radius 3 is 2.60 bits per heavy atom. The molecule has 86 valence electrons. The zero-order valence-electron chi connectivity index (χ0n) is 9.70. The first kappa shape index (κ1) is 12.2. The van der Waals surface area contributed by atoms with Crippen molar-refractivity contribution in [1.29, 1.82) is 0 Å². The van der Waals surface area contributed by atoms with Crippen LogP contribution < -0.4 is 0 Å². The lowest BCUT2D eigenvalue weighted by Gasteiger charge is -2.29. The van der Waals surface area contributed by atoms with Crippen LogP contribution >= 0.6 is 0 Å². The molecule has 1 aliphatic carbocycles. The lowest BCUT2D eigenvalue weighted by atomic mass is 9.85. The van der Waals surface area contributed by atoms with Crippen LogP contribution in [0.1, 0.15) is 32.6 Å². The Kier molecular flexibility index (Phi) is 4.82. The van der Waals surface area contributed by atoms with Crippen molar-refractivity contribution < 1.29 is 9.90 Å². The molecule has 0 amide bonds. The number of aliphatic carboxylic acids is 1. The Labute approximate surface area is 91.8 Å². The largest absolute Gasteiger partial charge is 0.478 e. The number of carboxylic acids is 1. The maximum Gasteiger partial charge on any atom is 0.331 e. The van der Waals surface area contributed by atoms with Crippen molar-refractivity contribution in [2.24, 2.45) is 5.92 Å². The molecule has 0 radical (unpaired) electrons. The van der Waals surface area contributed by atoms with Crippen LogP contribution in [0.15, 0.2) is 11.6 Å². The fourth-order valence-corrected chi connectivity index (χ4v) is 1.84. The predicted molar refractivity (Wildman–Crippen MR) is 60.8 cm³/mol. The van der Waals surface area contributed by atoms with E-state index in [1.807, 2.05) is 13.0 Å². The quantitative estimate of drug-likeness (QED) is 0.684. The lowest BCUT2D eigenvalue weighted by molar-refractivity contribution is -0.132. The molecule has 1 saturated carbocycles. The van der Waals surface area contributed by atoms with E-state index in [0.29, 0.717) is 12.0 Å². The van der Waals surface area contributed by atoms with E-state index in [-0.39, 0.29) is 0 Å². The van der Waals surface area contributed by atoms with Crippen molar-refractivity contribution in [3.63, 3.8) is 0 Å². The van der Waals surface area contributed by atoms with Gasteiger partial charge in [0.1, 0.15) is 0 Å². The van der Waals surface area contributed by atoms with Gasteiger partial charge in [0.25, 0.3) is 0 Å². The van der Waals surface area contributed by atoms with Crippen molar-refractivity contribution >= 4 is 5.97 Å². The Balaban J connectivity index is 2.29. The van der Waals surface area contributed by atoms with Crippen LogP contribution in [0.5, 0.6) is 0 Å². The normalized spacial score (nSPS) is 17.9. The minimum absolute atomic E-state index is 0.524. The molecule has 0 unspecified atom stereocenters. The Hall–Kier alpha value is -0.830. The van der Waals surface area contributed by atoms with Crippen LogP contribution in [-0.2, 0) is 4.79 Å². The predicted octanol–water partition coefficient (Wildman–Crippen LogP) is 2.14. The summed E-state index contributed by atoms with van der Waals surface area (Å²) in [6.45, 7) is 3.74. The summed E-state index contributed by atoms with van der Waals surface area (Å²) >= 11 is 0. The van der Waals surface area contributed by atoms with Crippen molar-refractivity contribution in [3.05, 3.63) is 11.6 Å². The van der Waals surface area contributed by atoms with E-state index >= 15 is 0 Å². The summed E-state index contributed by atoms with van der Waals surface area (Å²) in [5.41, 5.74) is 0.524. The van der Waals surface area contributed by atoms with Gasteiger partial charge < -0.3 is 10.0 Å². The average molecular weight is 211 g/mol. The summed E-state index contributed by atoms with van der Waals surface area (Å²) < 4.78 is 0. The minimum Gasteiger partial charge on any atom is -0.478 e. The Bertz CT molecular complexity index is 244. The number of carbonyl (C=O) groups is 1. The van der Waals surface area contributed by atoms with E-state index in [1.54, 1.807) is 0 Å². The summed E-state index contributed by atoms with van der Waals surface area (Å²) in [6, 6.07) is 0. The van der Waals surface area contributed by atoms with Crippen LogP contribution in [0.2, 0.25) is 0 Å². The number of hydrogen-bond acceptors (Lipinski definition) is 2. The monoisotopic (exact) mass is 211 g/mol. The summed E-state index contributed by atoms with van der Waals surface area (Å²) in [6.07, 6.45) is 6.48. The average Bonchev–Trinajstić information content (AvgIpc) is 2.12. The number of carboxylic acid groups (broad SMARTS) is 1. The maximum atomic E-state index is 10.7. The number of likely N-dealkylation sites (N-methyl/N-ethyl adjacent to an activating group) is 1. The van der Waals surface area contributed by atoms with E-state index in [9.17, 15) is 4.79 Å². The van der Waals surface area contributed by atoms with Gasteiger partial charge in [0.2, 0.25) is 0 Å². The van der Waals surface area contributed by atoms with E-state index in [1.165, 1.54) is 19.3 Å². The van der Waals surface area contributed by atoms with Gasteiger partial charge in [-0.1, -0.05) is 19.4 Å². The van der Waals surface area contributed by atoms with Gasteiger partial charge >= 0.3 is 5.97 Å². The summed E-state index contributed by atoms with van der Waals surface area (Å²) in [5.74, 6) is 0.0628. The van der Waals surface area contributed by atoms with Gasteiger partial charge in [0, 0.05) is 18.7 Å². The molecule has 3 nitrogen and oxygen atoms in total. The minimum atomic E-state index is -0.783. The highest BCUT2D eigenvalue weighted by Gasteiger charge is 2.18. The number of hydrogen-bond donors (Lipinski definition) is 1. The number of nitrogens with zero attached hydrogens (tertiary/aromatic N) is 1. The molecule has 0 atom stereocenters. The van der Waals surface area contributed by atoms with Gasteiger partial charge in [-0.15, -0.1) is 0 Å². The van der Waals surface area contributed by atoms with Crippen molar-refractivity contribution in [1.82, 2.24) is 4.90 Å². The fourth-order valence-electron chi connectivity index (χ4n) is 1.84. The van der Waals surface area contributed by atoms with Crippen molar-refractivity contribution in [3.8, 4) is 0 Å². The molecule has 1 aliphatic rings. The van der Waals surface area contributed by atoms with E-state index in [0.717, 1.165) is 19.0 Å². The SMILES string of the molecule is CCC(=CCN(C)CC1CCC1)C(=O)O. The maximum absolute atomic E-state index is 10.7. The van der Waals surface area contributed by atoms with Crippen molar-refractivity contribution in [2.45, 2.75) is 32.6 Å². The van der Waals surface area contributed by atoms with E-state index in [4.69, 9.17) is 5.11 Å². The molecule has 0 spiro atoms. The molecule has 0 heterocycles. The van der Waals surface area contributed by atoms with Gasteiger partial charge in [-0.3, -0.25) is 0 Å². The van der Waals surface area contributed by atoms with Gasteiger partial charge in [-0.25, -0.2) is 4.79 Å². The third kappa shape index (κ3) is 4.04. The molecule has 0 aromatic heterocycles. The second-order valence-electron chi connectivity index (χ2n) is 4.41. The Morgan fingerprint density at radius 2 is 2.20 bits per heavy atom. The van der Waals surface area contributed by atoms with Crippen LogP contribution in [0.3, 0.4) is 0 Å². The second kappa shape index (κ2) is 5.91. The van der Waals surface area contributed by atoms with Crippen LogP contribution in [0.4, 0.5) is 0 Å². The topological polar surface area (TPSA) is 40.5 Å². The molecule has 0 aromatic carbocycles. The molecule has 0 saturated heterocycles. The molecular weight excluding hydrogens is 190 g/mol. The Morgan fingerprint density at radius 1 is 1.53 bits per heavy atom. The first-order chi connectivity index (χ1) is 7.13. The van der Waals surface area contributed by atoms with E-state index < -0.39 is 5.97 Å². The van der Waals surface area contributed by atoms with Crippen molar-refractivity contribution in [2.75, 3.05) is 20.1 Å². The second-order valence-corrected chi connectivity index (χ2v) is 4.41.